The third-order valence-corrected chi connectivity index (χ3v) is 3.90. The van der Waals surface area contributed by atoms with Gasteiger partial charge in [-0.25, -0.2) is 0 Å². The Balaban J connectivity index is 1.85. The van der Waals surface area contributed by atoms with E-state index in [1.54, 1.807) is 0 Å². The van der Waals surface area contributed by atoms with Crippen molar-refractivity contribution < 1.29 is 4.79 Å². The number of hydrogen-bond donors (Lipinski definition) is 0. The number of Topliss-reactive ketones (excluding diaryl/α,β-unsaturated/α-hetero) is 1. The molecule has 0 saturated carbocycles. The van der Waals surface area contributed by atoms with Gasteiger partial charge in [0.05, 0.1) is 0 Å². The fourth-order valence-electron chi connectivity index (χ4n) is 2.79. The van der Waals surface area contributed by atoms with E-state index < -0.39 is 0 Å². The number of benzene rings is 2. The van der Waals surface area contributed by atoms with Crippen molar-refractivity contribution in [3.63, 3.8) is 0 Å². The zero-order valence-corrected chi connectivity index (χ0v) is 12.0. The van der Waals surface area contributed by atoms with Gasteiger partial charge in [0.2, 0.25) is 0 Å². The van der Waals surface area contributed by atoms with E-state index in [0.717, 1.165) is 18.5 Å². The number of ketones is 1. The van der Waals surface area contributed by atoms with Crippen LogP contribution >= 0.6 is 0 Å². The third kappa shape index (κ3) is 2.39. The zero-order valence-electron chi connectivity index (χ0n) is 12.0. The summed E-state index contributed by atoms with van der Waals surface area (Å²) in [7, 11) is 3.99. The average Bonchev–Trinajstić information content (AvgIpc) is 2.82. The van der Waals surface area contributed by atoms with Gasteiger partial charge < -0.3 is 4.90 Å². The van der Waals surface area contributed by atoms with Crippen molar-refractivity contribution in [3.05, 3.63) is 59.2 Å². The number of nitrogens with zero attached hydrogens (tertiary/aromatic N) is 1. The zero-order chi connectivity index (χ0) is 14.1. The van der Waals surface area contributed by atoms with Gasteiger partial charge in [-0.2, -0.15) is 0 Å². The summed E-state index contributed by atoms with van der Waals surface area (Å²) in [6.45, 7) is 0.802. The Bertz CT molecular complexity index is 658. The molecule has 0 aliphatic heterocycles. The molecule has 0 bridgehead atoms. The summed E-state index contributed by atoms with van der Waals surface area (Å²) in [5.74, 6) is 0.234. The Hall–Kier alpha value is -1.93. The van der Waals surface area contributed by atoms with Crippen molar-refractivity contribution in [3.8, 4) is 11.1 Å². The highest BCUT2D eigenvalue weighted by Crippen LogP contribution is 2.36. The van der Waals surface area contributed by atoms with Crippen molar-refractivity contribution in [1.29, 1.82) is 0 Å². The maximum absolute atomic E-state index is 12.2. The molecule has 2 aromatic rings. The summed E-state index contributed by atoms with van der Waals surface area (Å²) in [6.07, 6.45) is 1.53. The van der Waals surface area contributed by atoms with Gasteiger partial charge in [0.15, 0.2) is 5.78 Å². The van der Waals surface area contributed by atoms with E-state index in [-0.39, 0.29) is 5.78 Å². The van der Waals surface area contributed by atoms with Crippen LogP contribution < -0.4 is 0 Å². The molecule has 20 heavy (non-hydrogen) atoms. The second-order valence-corrected chi connectivity index (χ2v) is 5.68. The highest BCUT2D eigenvalue weighted by molar-refractivity contribution is 5.97. The van der Waals surface area contributed by atoms with Crippen LogP contribution in [0.4, 0.5) is 0 Å². The molecule has 0 spiro atoms. The highest BCUT2D eigenvalue weighted by Gasteiger charge is 2.19. The van der Waals surface area contributed by atoms with E-state index in [9.17, 15) is 4.79 Å². The van der Waals surface area contributed by atoms with Gasteiger partial charge in [-0.1, -0.05) is 36.4 Å². The highest BCUT2D eigenvalue weighted by atomic mass is 16.1. The van der Waals surface area contributed by atoms with E-state index in [1.165, 1.54) is 22.3 Å². The minimum atomic E-state index is 0.234. The van der Waals surface area contributed by atoms with Gasteiger partial charge in [-0.3, -0.25) is 4.79 Å². The molecule has 0 fully saturated rings. The lowest BCUT2D eigenvalue weighted by molar-refractivity contribution is 0.0972. The predicted molar refractivity (Wildman–Crippen MR) is 82.2 cm³/mol. The molecule has 1 aliphatic rings. The normalized spacial score (nSPS) is 12.3. The third-order valence-electron chi connectivity index (χ3n) is 3.90. The number of fused-ring (bicyclic) bond motifs is 3. The maximum Gasteiger partial charge on any atom is 0.164 e. The first-order valence-electron chi connectivity index (χ1n) is 7.04. The van der Waals surface area contributed by atoms with Crippen LogP contribution in [0.2, 0.25) is 0 Å². The van der Waals surface area contributed by atoms with Crippen molar-refractivity contribution in [2.45, 2.75) is 12.8 Å². The van der Waals surface area contributed by atoms with Crippen molar-refractivity contribution in [2.75, 3.05) is 20.6 Å². The van der Waals surface area contributed by atoms with Gasteiger partial charge in [-0.05, 0) is 48.8 Å². The van der Waals surface area contributed by atoms with Crippen LogP contribution in [0, 0.1) is 0 Å². The first-order valence-corrected chi connectivity index (χ1v) is 7.04. The topological polar surface area (TPSA) is 20.3 Å². The maximum atomic E-state index is 12.2. The molecule has 2 heteroatoms. The lowest BCUT2D eigenvalue weighted by atomic mass is 10.0. The summed E-state index contributed by atoms with van der Waals surface area (Å²) in [5.41, 5.74) is 6.08. The lowest BCUT2D eigenvalue weighted by Gasteiger charge is -2.09. The van der Waals surface area contributed by atoms with Gasteiger partial charge in [0, 0.05) is 18.5 Å². The Morgan fingerprint density at radius 1 is 1.05 bits per heavy atom. The largest absolute Gasteiger partial charge is 0.309 e. The van der Waals surface area contributed by atoms with E-state index in [4.69, 9.17) is 0 Å². The van der Waals surface area contributed by atoms with Gasteiger partial charge in [0.1, 0.15) is 0 Å². The molecule has 0 aromatic heterocycles. The first-order chi connectivity index (χ1) is 9.65. The first kappa shape index (κ1) is 13.1. The van der Waals surface area contributed by atoms with Crippen molar-refractivity contribution in [2.24, 2.45) is 0 Å². The van der Waals surface area contributed by atoms with Crippen LogP contribution in [0.25, 0.3) is 11.1 Å². The average molecular weight is 265 g/mol. The summed E-state index contributed by atoms with van der Waals surface area (Å²) in [5, 5.41) is 0. The van der Waals surface area contributed by atoms with E-state index in [0.29, 0.717) is 6.42 Å². The molecule has 0 amide bonds. The number of hydrogen-bond acceptors (Lipinski definition) is 2. The molecule has 0 heterocycles. The molecule has 0 saturated heterocycles. The van der Waals surface area contributed by atoms with E-state index in [2.05, 4.69) is 36.4 Å². The van der Waals surface area contributed by atoms with E-state index >= 15 is 0 Å². The minimum absolute atomic E-state index is 0.234. The Labute approximate surface area is 120 Å². The molecule has 0 radical (unpaired) electrons. The molecule has 2 nitrogen and oxygen atoms in total. The Kier molecular flexibility index (Phi) is 3.41. The van der Waals surface area contributed by atoms with Crippen LogP contribution in [0.15, 0.2) is 42.5 Å². The molecule has 0 unspecified atom stereocenters. The summed E-state index contributed by atoms with van der Waals surface area (Å²) in [6, 6.07) is 14.6. The smallest absolute Gasteiger partial charge is 0.164 e. The SMILES string of the molecule is CN(C)CCC(=O)c1ccc2c(c1)Cc1ccccc1-2. The Morgan fingerprint density at radius 2 is 1.80 bits per heavy atom. The standard InChI is InChI=1S/C18H19NO/c1-19(2)10-9-18(20)14-7-8-17-15(12-14)11-13-5-3-4-6-16(13)17/h3-8,12H,9-11H2,1-2H3. The minimum Gasteiger partial charge on any atom is -0.309 e. The second-order valence-electron chi connectivity index (χ2n) is 5.68. The van der Waals surface area contributed by atoms with Gasteiger partial charge >= 0.3 is 0 Å². The van der Waals surface area contributed by atoms with Crippen LogP contribution in [-0.4, -0.2) is 31.3 Å². The summed E-state index contributed by atoms with van der Waals surface area (Å²) >= 11 is 0. The predicted octanol–water partition coefficient (Wildman–Crippen LogP) is 3.39. The second kappa shape index (κ2) is 5.22. The molecule has 0 N–H and O–H groups in total. The fraction of sp³-hybridized carbons (Fsp3) is 0.278. The molecule has 0 atom stereocenters. The summed E-state index contributed by atoms with van der Waals surface area (Å²) in [4.78, 5) is 14.2. The van der Waals surface area contributed by atoms with Crippen LogP contribution in [0.3, 0.4) is 0 Å². The lowest BCUT2D eigenvalue weighted by Crippen LogP contribution is -2.16. The van der Waals surface area contributed by atoms with Crippen molar-refractivity contribution in [1.82, 2.24) is 4.90 Å². The van der Waals surface area contributed by atoms with Crippen molar-refractivity contribution >= 4 is 5.78 Å². The Morgan fingerprint density at radius 3 is 2.60 bits per heavy atom. The monoisotopic (exact) mass is 265 g/mol. The molecular weight excluding hydrogens is 246 g/mol. The quantitative estimate of drug-likeness (QED) is 0.674. The fourth-order valence-corrected chi connectivity index (χ4v) is 2.79. The van der Waals surface area contributed by atoms with Crippen LogP contribution in [0.1, 0.15) is 27.9 Å². The molecular formula is C18H19NO. The van der Waals surface area contributed by atoms with Gasteiger partial charge in [-0.15, -0.1) is 0 Å². The molecule has 1 aliphatic carbocycles. The van der Waals surface area contributed by atoms with E-state index in [1.807, 2.05) is 25.1 Å². The molecule has 102 valence electrons. The number of rotatable bonds is 4. The molecule has 3 rings (SSSR count). The summed E-state index contributed by atoms with van der Waals surface area (Å²) < 4.78 is 0. The van der Waals surface area contributed by atoms with Gasteiger partial charge in [0.25, 0.3) is 0 Å². The van der Waals surface area contributed by atoms with Crippen LogP contribution in [-0.2, 0) is 6.42 Å². The number of carbonyl (C=O) groups is 1. The number of carbonyl (C=O) groups excluding carboxylic acids is 1. The molecule has 2 aromatic carbocycles. The van der Waals surface area contributed by atoms with Crippen LogP contribution in [0.5, 0.6) is 0 Å².